The molecule has 0 N–H and O–H groups in total. The van der Waals surface area contributed by atoms with E-state index in [9.17, 15) is 4.39 Å². The van der Waals surface area contributed by atoms with Gasteiger partial charge in [0.1, 0.15) is 12.2 Å². The number of nitriles is 1. The molecule has 1 aliphatic rings. The number of ether oxygens (including phenoxy) is 1. The molecular formula is C12H15FN4O. The summed E-state index contributed by atoms with van der Waals surface area (Å²) >= 11 is 0. The summed E-state index contributed by atoms with van der Waals surface area (Å²) in [5.41, 5.74) is 0. The summed E-state index contributed by atoms with van der Waals surface area (Å²) in [5.74, 6) is -0.840. The lowest BCUT2D eigenvalue weighted by Gasteiger charge is -2.26. The standard InChI is InChI=1S/C12H15FN4O/c1-8(9-4-3-5-17(9)2)18-12-6-10(13)15-11(7-14)16-12/h6,8-9H,3-5H2,1-2H3/t8-,9?/m0/s1. The summed E-state index contributed by atoms with van der Waals surface area (Å²) in [6.45, 7) is 2.97. The minimum atomic E-state index is -0.747. The Morgan fingerprint density at radius 1 is 1.61 bits per heavy atom. The fraction of sp³-hybridized carbons (Fsp3) is 0.583. The molecule has 1 fully saturated rings. The highest BCUT2D eigenvalue weighted by Gasteiger charge is 2.28. The first-order chi connectivity index (χ1) is 8.60. The Balaban J connectivity index is 2.09. The number of nitrogens with zero attached hydrogens (tertiary/aromatic N) is 4. The van der Waals surface area contributed by atoms with Crippen LogP contribution in [0.25, 0.3) is 0 Å². The van der Waals surface area contributed by atoms with Gasteiger partial charge in [0.2, 0.25) is 17.7 Å². The number of hydrogen-bond acceptors (Lipinski definition) is 5. The van der Waals surface area contributed by atoms with Crippen molar-refractivity contribution in [3.63, 3.8) is 0 Å². The van der Waals surface area contributed by atoms with Gasteiger partial charge in [-0.15, -0.1) is 0 Å². The van der Waals surface area contributed by atoms with Gasteiger partial charge in [0, 0.05) is 6.04 Å². The molecule has 0 bridgehead atoms. The zero-order valence-corrected chi connectivity index (χ0v) is 10.4. The molecule has 5 nitrogen and oxygen atoms in total. The van der Waals surface area contributed by atoms with Gasteiger partial charge in [0.25, 0.3) is 0 Å². The first-order valence-electron chi connectivity index (χ1n) is 5.91. The monoisotopic (exact) mass is 250 g/mol. The van der Waals surface area contributed by atoms with Crippen molar-refractivity contribution in [2.45, 2.75) is 31.9 Å². The molecule has 0 radical (unpaired) electrons. The van der Waals surface area contributed by atoms with Crippen molar-refractivity contribution >= 4 is 0 Å². The number of likely N-dealkylation sites (N-methyl/N-ethyl adjacent to an activating group) is 1. The van der Waals surface area contributed by atoms with Crippen molar-refractivity contribution in [1.29, 1.82) is 5.26 Å². The molecule has 1 saturated heterocycles. The Hall–Kier alpha value is -1.74. The first kappa shape index (κ1) is 12.7. The van der Waals surface area contributed by atoms with E-state index in [0.29, 0.717) is 6.04 Å². The summed E-state index contributed by atoms with van der Waals surface area (Å²) in [6.07, 6.45) is 2.09. The van der Waals surface area contributed by atoms with Crippen LogP contribution in [0.2, 0.25) is 0 Å². The van der Waals surface area contributed by atoms with Crippen molar-refractivity contribution in [2.75, 3.05) is 13.6 Å². The normalized spacial score (nSPS) is 21.6. The molecule has 2 atom stereocenters. The maximum atomic E-state index is 13.1. The third-order valence-electron chi connectivity index (χ3n) is 3.20. The summed E-state index contributed by atoms with van der Waals surface area (Å²) in [4.78, 5) is 9.39. The van der Waals surface area contributed by atoms with E-state index >= 15 is 0 Å². The van der Waals surface area contributed by atoms with Crippen LogP contribution in [-0.4, -0.2) is 40.6 Å². The molecule has 0 aromatic carbocycles. The summed E-state index contributed by atoms with van der Waals surface area (Å²) in [6, 6.07) is 3.11. The van der Waals surface area contributed by atoms with Gasteiger partial charge in [-0.2, -0.15) is 19.6 Å². The van der Waals surface area contributed by atoms with E-state index in [0.717, 1.165) is 25.5 Å². The average Bonchev–Trinajstić information content (AvgIpc) is 2.74. The fourth-order valence-electron chi connectivity index (χ4n) is 2.31. The van der Waals surface area contributed by atoms with E-state index < -0.39 is 5.95 Å². The van der Waals surface area contributed by atoms with Gasteiger partial charge in [-0.1, -0.05) is 0 Å². The van der Waals surface area contributed by atoms with Crippen LogP contribution in [0.3, 0.4) is 0 Å². The SMILES string of the molecule is C[C@H](Oc1cc(F)nc(C#N)n1)C1CCCN1C. The van der Waals surface area contributed by atoms with Gasteiger partial charge in [0.15, 0.2) is 0 Å². The van der Waals surface area contributed by atoms with E-state index in [-0.39, 0.29) is 17.8 Å². The third kappa shape index (κ3) is 2.74. The maximum absolute atomic E-state index is 13.1. The Morgan fingerprint density at radius 2 is 2.39 bits per heavy atom. The molecular weight excluding hydrogens is 235 g/mol. The van der Waals surface area contributed by atoms with Crippen molar-refractivity contribution in [3.8, 4) is 11.9 Å². The summed E-state index contributed by atoms with van der Waals surface area (Å²) < 4.78 is 18.7. The lowest BCUT2D eigenvalue weighted by Crippen LogP contribution is -2.38. The highest BCUT2D eigenvalue weighted by atomic mass is 19.1. The van der Waals surface area contributed by atoms with Gasteiger partial charge in [-0.3, -0.25) is 4.90 Å². The summed E-state index contributed by atoms with van der Waals surface area (Å²) in [5, 5.41) is 8.67. The Labute approximate surface area is 105 Å². The van der Waals surface area contributed by atoms with E-state index in [1.165, 1.54) is 0 Å². The van der Waals surface area contributed by atoms with Crippen LogP contribution in [-0.2, 0) is 0 Å². The molecule has 0 aliphatic carbocycles. The second-order valence-electron chi connectivity index (χ2n) is 4.48. The predicted molar refractivity (Wildman–Crippen MR) is 62.4 cm³/mol. The number of aromatic nitrogens is 2. The van der Waals surface area contributed by atoms with Crippen LogP contribution >= 0.6 is 0 Å². The number of rotatable bonds is 3. The smallest absolute Gasteiger partial charge is 0.238 e. The quantitative estimate of drug-likeness (QED) is 0.758. The number of likely N-dealkylation sites (tertiary alicyclic amines) is 1. The van der Waals surface area contributed by atoms with Crippen LogP contribution in [0, 0.1) is 17.3 Å². The lowest BCUT2D eigenvalue weighted by atomic mass is 10.1. The summed E-state index contributed by atoms with van der Waals surface area (Å²) in [7, 11) is 2.04. The molecule has 0 spiro atoms. The average molecular weight is 250 g/mol. The molecule has 1 aliphatic heterocycles. The largest absolute Gasteiger partial charge is 0.473 e. The first-order valence-corrected chi connectivity index (χ1v) is 5.91. The van der Waals surface area contributed by atoms with Crippen molar-refractivity contribution in [2.24, 2.45) is 0 Å². The minimum absolute atomic E-state index is 0.0988. The second kappa shape index (κ2) is 5.27. The highest BCUT2D eigenvalue weighted by molar-refractivity contribution is 5.17. The topological polar surface area (TPSA) is 62.0 Å². The molecule has 1 unspecified atom stereocenters. The molecule has 1 aromatic rings. The van der Waals surface area contributed by atoms with E-state index in [1.54, 1.807) is 6.07 Å². The van der Waals surface area contributed by atoms with Gasteiger partial charge in [-0.25, -0.2) is 0 Å². The molecule has 0 amide bonds. The van der Waals surface area contributed by atoms with Crippen LogP contribution in [0.5, 0.6) is 5.88 Å². The zero-order valence-electron chi connectivity index (χ0n) is 10.4. The third-order valence-corrected chi connectivity index (χ3v) is 3.20. The van der Waals surface area contributed by atoms with E-state index in [2.05, 4.69) is 14.9 Å². The second-order valence-corrected chi connectivity index (χ2v) is 4.48. The molecule has 0 saturated carbocycles. The molecule has 1 aromatic heterocycles. The molecule has 2 heterocycles. The van der Waals surface area contributed by atoms with Crippen molar-refractivity contribution < 1.29 is 9.13 Å². The Kier molecular flexibility index (Phi) is 3.72. The van der Waals surface area contributed by atoms with E-state index in [1.807, 2.05) is 14.0 Å². The molecule has 96 valence electrons. The highest BCUT2D eigenvalue weighted by Crippen LogP contribution is 2.21. The lowest BCUT2D eigenvalue weighted by molar-refractivity contribution is 0.116. The van der Waals surface area contributed by atoms with Crippen LogP contribution in [0.1, 0.15) is 25.6 Å². The Bertz CT molecular complexity index is 474. The number of hydrogen-bond donors (Lipinski definition) is 0. The minimum Gasteiger partial charge on any atom is -0.473 e. The maximum Gasteiger partial charge on any atom is 0.238 e. The van der Waals surface area contributed by atoms with Gasteiger partial charge in [-0.05, 0) is 33.4 Å². The Morgan fingerprint density at radius 3 is 3.00 bits per heavy atom. The molecule has 6 heteroatoms. The van der Waals surface area contributed by atoms with Crippen molar-refractivity contribution in [3.05, 3.63) is 17.8 Å². The van der Waals surface area contributed by atoms with Crippen LogP contribution in [0.15, 0.2) is 6.07 Å². The van der Waals surface area contributed by atoms with Gasteiger partial charge in [0.05, 0.1) is 6.07 Å². The van der Waals surface area contributed by atoms with Gasteiger partial charge < -0.3 is 4.74 Å². The van der Waals surface area contributed by atoms with E-state index in [4.69, 9.17) is 10.00 Å². The van der Waals surface area contributed by atoms with Gasteiger partial charge >= 0.3 is 0 Å². The van der Waals surface area contributed by atoms with Crippen LogP contribution in [0.4, 0.5) is 4.39 Å². The molecule has 18 heavy (non-hydrogen) atoms. The number of halogens is 1. The molecule has 2 rings (SSSR count). The van der Waals surface area contributed by atoms with Crippen molar-refractivity contribution in [1.82, 2.24) is 14.9 Å². The zero-order chi connectivity index (χ0) is 13.1. The fourth-order valence-corrected chi connectivity index (χ4v) is 2.31. The van der Waals surface area contributed by atoms with Crippen LogP contribution < -0.4 is 4.74 Å². The predicted octanol–water partition coefficient (Wildman–Crippen LogP) is 1.35.